The van der Waals surface area contributed by atoms with Crippen molar-refractivity contribution in [3.8, 4) is 0 Å². The monoisotopic (exact) mass is 252 g/mol. The van der Waals surface area contributed by atoms with Crippen molar-refractivity contribution in [1.82, 2.24) is 8.96 Å². The molecule has 5 nitrogen and oxygen atoms in total. The third-order valence-electron chi connectivity index (χ3n) is 2.79. The molecule has 0 amide bonds. The number of aldehydes is 1. The summed E-state index contributed by atoms with van der Waals surface area (Å²) in [5, 5.41) is 0. The van der Waals surface area contributed by atoms with Gasteiger partial charge < -0.3 is 0 Å². The van der Waals surface area contributed by atoms with Gasteiger partial charge in [-0.05, 0) is 13.3 Å². The summed E-state index contributed by atoms with van der Waals surface area (Å²) in [7, 11) is -3.59. The molecule has 1 aliphatic rings. The molecule has 0 fully saturated rings. The van der Waals surface area contributed by atoms with Crippen LogP contribution in [0.3, 0.4) is 0 Å². The van der Waals surface area contributed by atoms with Gasteiger partial charge in [0.2, 0.25) is 10.0 Å². The molecule has 0 N–H and O–H groups in total. The summed E-state index contributed by atoms with van der Waals surface area (Å²) in [6, 6.07) is 0. The van der Waals surface area contributed by atoms with Gasteiger partial charge in [0.1, 0.15) is 16.8 Å². The van der Waals surface area contributed by atoms with Crippen molar-refractivity contribution in [1.29, 1.82) is 0 Å². The normalized spacial score (nSPS) is 23.8. The highest BCUT2D eigenvalue weighted by Crippen LogP contribution is 2.28. The van der Waals surface area contributed by atoms with Crippen LogP contribution in [0.2, 0.25) is 0 Å². The van der Waals surface area contributed by atoms with E-state index in [1.165, 1.54) is 6.20 Å². The van der Waals surface area contributed by atoms with E-state index in [9.17, 15) is 13.2 Å². The highest BCUT2D eigenvalue weighted by Gasteiger charge is 2.38. The molecule has 1 heterocycles. The Morgan fingerprint density at radius 3 is 2.76 bits per heavy atom. The van der Waals surface area contributed by atoms with Crippen LogP contribution < -0.4 is 0 Å². The van der Waals surface area contributed by atoms with Gasteiger partial charge in [-0.25, -0.2) is 17.4 Å². The van der Waals surface area contributed by atoms with E-state index in [4.69, 9.17) is 0 Å². The van der Waals surface area contributed by atoms with Gasteiger partial charge in [0, 0.05) is 0 Å². The Bertz CT molecular complexity index is 598. The van der Waals surface area contributed by atoms with Gasteiger partial charge in [-0.2, -0.15) is 0 Å². The fraction of sp³-hybridized carbons (Fsp3) is 0.273. The van der Waals surface area contributed by atoms with Crippen LogP contribution in [0.4, 0.5) is 0 Å². The Hall–Kier alpha value is -1.69. The van der Waals surface area contributed by atoms with Gasteiger partial charge in [0.05, 0.1) is 6.20 Å². The fourth-order valence-electron chi connectivity index (χ4n) is 1.65. The predicted octanol–water partition coefficient (Wildman–Crippen LogP) is 1.15. The largest absolute Gasteiger partial charge is 0.296 e. The minimum Gasteiger partial charge on any atom is -0.296 e. The van der Waals surface area contributed by atoms with Crippen LogP contribution in [-0.4, -0.2) is 28.4 Å². The second kappa shape index (κ2) is 3.96. The smallest absolute Gasteiger partial charge is 0.249 e. The van der Waals surface area contributed by atoms with Crippen molar-refractivity contribution in [2.24, 2.45) is 0 Å². The van der Waals surface area contributed by atoms with Crippen LogP contribution in [0.5, 0.6) is 0 Å². The molecule has 6 heteroatoms. The zero-order valence-corrected chi connectivity index (χ0v) is 10.1. The number of allylic oxidation sites excluding steroid dienone is 3. The summed E-state index contributed by atoms with van der Waals surface area (Å²) < 4.78 is 24.7. The van der Waals surface area contributed by atoms with Gasteiger partial charge in [0.25, 0.3) is 0 Å². The summed E-state index contributed by atoms with van der Waals surface area (Å²) in [6.07, 6.45) is 10.3. The lowest BCUT2D eigenvalue weighted by Crippen LogP contribution is -2.37. The molecule has 0 saturated heterocycles. The maximum atomic E-state index is 12.4. The van der Waals surface area contributed by atoms with E-state index in [1.54, 1.807) is 25.2 Å². The number of hydrogen-bond donors (Lipinski definition) is 0. The quantitative estimate of drug-likeness (QED) is 0.757. The summed E-state index contributed by atoms with van der Waals surface area (Å²) in [6.45, 7) is 1.64. The Morgan fingerprint density at radius 1 is 1.47 bits per heavy atom. The average molecular weight is 252 g/mol. The number of nitrogens with zero attached hydrogens (tertiary/aromatic N) is 2. The first kappa shape index (κ1) is 11.8. The predicted molar refractivity (Wildman–Crippen MR) is 63.2 cm³/mol. The van der Waals surface area contributed by atoms with Crippen molar-refractivity contribution in [3.05, 3.63) is 42.5 Å². The van der Waals surface area contributed by atoms with Gasteiger partial charge in [-0.3, -0.25) is 4.79 Å². The number of imidazole rings is 1. The topological polar surface area (TPSA) is 69.0 Å². The summed E-state index contributed by atoms with van der Waals surface area (Å²) >= 11 is 0. The molecule has 0 bridgehead atoms. The van der Waals surface area contributed by atoms with Crippen molar-refractivity contribution in [2.45, 2.75) is 18.1 Å². The molecule has 1 aromatic rings. The maximum absolute atomic E-state index is 12.4. The Kier molecular flexibility index (Phi) is 2.74. The standard InChI is InChI=1S/C11H12N2O3S/c1-11(5-3-2-4-6-11)17(15,16)13-7-10(8-14)12-9-13/h2-5,7-9H,6H2,1H3. The van der Waals surface area contributed by atoms with Crippen molar-refractivity contribution in [3.63, 3.8) is 0 Å². The zero-order chi connectivity index (χ0) is 12.5. The molecule has 1 unspecified atom stereocenters. The molecule has 0 aromatic carbocycles. The molecule has 1 aromatic heterocycles. The molecule has 0 aliphatic heterocycles. The Balaban J connectivity index is 2.46. The first-order valence-corrected chi connectivity index (χ1v) is 6.52. The molecule has 0 spiro atoms. The Morgan fingerprint density at radius 2 is 2.24 bits per heavy atom. The summed E-state index contributed by atoms with van der Waals surface area (Å²) in [5.74, 6) is 0. The lowest BCUT2D eigenvalue weighted by atomic mass is 10.0. The van der Waals surface area contributed by atoms with Crippen LogP contribution in [0.1, 0.15) is 23.8 Å². The molecular formula is C11H12N2O3S. The van der Waals surface area contributed by atoms with E-state index in [1.807, 2.05) is 6.08 Å². The van der Waals surface area contributed by atoms with Crippen LogP contribution in [0.25, 0.3) is 0 Å². The third-order valence-corrected chi connectivity index (χ3v) is 5.02. The number of hydrogen-bond acceptors (Lipinski definition) is 4. The van der Waals surface area contributed by atoms with Crippen molar-refractivity contribution < 1.29 is 13.2 Å². The van der Waals surface area contributed by atoms with E-state index in [0.717, 1.165) is 10.3 Å². The lowest BCUT2D eigenvalue weighted by molar-refractivity contribution is 0.111. The first-order chi connectivity index (χ1) is 7.99. The molecule has 1 atom stereocenters. The highest BCUT2D eigenvalue weighted by molar-refractivity contribution is 7.91. The first-order valence-electron chi connectivity index (χ1n) is 5.08. The highest BCUT2D eigenvalue weighted by atomic mass is 32.2. The minimum atomic E-state index is -3.59. The van der Waals surface area contributed by atoms with Crippen molar-refractivity contribution in [2.75, 3.05) is 0 Å². The molecule has 0 radical (unpaired) electrons. The van der Waals surface area contributed by atoms with Crippen LogP contribution in [0, 0.1) is 0 Å². The van der Waals surface area contributed by atoms with E-state index >= 15 is 0 Å². The third kappa shape index (κ3) is 1.84. The second-order valence-electron chi connectivity index (χ2n) is 4.06. The van der Waals surface area contributed by atoms with E-state index in [-0.39, 0.29) is 5.69 Å². The van der Waals surface area contributed by atoms with E-state index < -0.39 is 14.8 Å². The van der Waals surface area contributed by atoms with E-state index in [0.29, 0.717) is 12.7 Å². The van der Waals surface area contributed by atoms with Crippen molar-refractivity contribution >= 4 is 16.3 Å². The lowest BCUT2D eigenvalue weighted by Gasteiger charge is -2.26. The molecule has 17 heavy (non-hydrogen) atoms. The number of carbonyl (C=O) groups is 1. The van der Waals surface area contributed by atoms with E-state index in [2.05, 4.69) is 4.98 Å². The summed E-state index contributed by atoms with van der Waals surface area (Å²) in [4.78, 5) is 14.2. The average Bonchev–Trinajstić information content (AvgIpc) is 2.79. The number of rotatable bonds is 3. The maximum Gasteiger partial charge on any atom is 0.249 e. The molecule has 0 saturated carbocycles. The molecule has 90 valence electrons. The SMILES string of the molecule is CC1(S(=O)(=O)n2cnc(C=O)c2)C=CC=CC1. The fourth-order valence-corrected chi connectivity index (χ4v) is 3.11. The molecular weight excluding hydrogens is 240 g/mol. The number of aromatic nitrogens is 2. The van der Waals surface area contributed by atoms with Crippen LogP contribution in [0.15, 0.2) is 36.8 Å². The van der Waals surface area contributed by atoms with Gasteiger partial charge in [-0.15, -0.1) is 0 Å². The second-order valence-corrected chi connectivity index (χ2v) is 6.36. The van der Waals surface area contributed by atoms with Gasteiger partial charge in [-0.1, -0.05) is 24.3 Å². The molecule has 1 aliphatic carbocycles. The summed E-state index contributed by atoms with van der Waals surface area (Å²) in [5.41, 5.74) is 0.104. The van der Waals surface area contributed by atoms with Gasteiger partial charge >= 0.3 is 0 Å². The zero-order valence-electron chi connectivity index (χ0n) is 9.28. The molecule has 2 rings (SSSR count). The van der Waals surface area contributed by atoms with Crippen LogP contribution >= 0.6 is 0 Å². The Labute approximate surface area is 99.5 Å². The minimum absolute atomic E-state index is 0.104. The van der Waals surface area contributed by atoms with Gasteiger partial charge in [0.15, 0.2) is 6.29 Å². The number of carbonyl (C=O) groups excluding carboxylic acids is 1. The van der Waals surface area contributed by atoms with Crippen LogP contribution in [-0.2, 0) is 10.0 Å².